The van der Waals surface area contributed by atoms with Crippen LogP contribution >= 0.6 is 0 Å². The van der Waals surface area contributed by atoms with Crippen molar-refractivity contribution in [3.63, 3.8) is 0 Å². The lowest BCUT2D eigenvalue weighted by Gasteiger charge is -2.32. The smallest absolute Gasteiger partial charge is 0.251 e. The fraction of sp³-hybridized carbons (Fsp3) is 0.310. The van der Waals surface area contributed by atoms with E-state index >= 15 is 0 Å². The van der Waals surface area contributed by atoms with E-state index in [2.05, 4.69) is 40.4 Å². The van der Waals surface area contributed by atoms with Crippen LogP contribution in [0.15, 0.2) is 53.7 Å². The number of ether oxygens (including phenoxy) is 1. The number of benzene rings is 3. The lowest BCUT2D eigenvalue weighted by molar-refractivity contribution is 0.0949. The maximum Gasteiger partial charge on any atom is 0.251 e. The molecule has 1 fully saturated rings. The van der Waals surface area contributed by atoms with Crippen LogP contribution < -0.4 is 11.1 Å². The molecule has 0 heterocycles. The number of halogens is 2. The monoisotopic (exact) mass is 505 g/mol. The van der Waals surface area contributed by atoms with Gasteiger partial charge >= 0.3 is 0 Å². The number of carbonyl (C=O) groups excluding carboxylic acids is 1. The molecule has 6 nitrogen and oxygen atoms in total. The van der Waals surface area contributed by atoms with E-state index in [0.717, 1.165) is 28.8 Å². The lowest BCUT2D eigenvalue weighted by Crippen LogP contribution is -2.25. The number of nitrogens with zero attached hydrogens (tertiary/aromatic N) is 1. The summed E-state index contributed by atoms with van der Waals surface area (Å²) in [5, 5.41) is 6.12. The molecule has 3 N–H and O–H groups in total. The van der Waals surface area contributed by atoms with E-state index < -0.39 is 17.5 Å². The Morgan fingerprint density at radius 1 is 0.973 bits per heavy atom. The lowest BCUT2D eigenvalue weighted by atomic mass is 9.76. The van der Waals surface area contributed by atoms with Crippen molar-refractivity contribution in [1.29, 1.82) is 0 Å². The van der Waals surface area contributed by atoms with Crippen LogP contribution in [0.2, 0.25) is 0 Å². The molecule has 192 valence electrons. The number of amidine groups is 1. The van der Waals surface area contributed by atoms with Gasteiger partial charge in [0.25, 0.3) is 5.91 Å². The number of nitrogens with two attached hydrogens (primary N) is 1. The summed E-state index contributed by atoms with van der Waals surface area (Å²) >= 11 is 0. The molecule has 1 amide bonds. The van der Waals surface area contributed by atoms with E-state index in [0.29, 0.717) is 11.5 Å². The van der Waals surface area contributed by atoms with Gasteiger partial charge in [-0.25, -0.2) is 8.78 Å². The van der Waals surface area contributed by atoms with Gasteiger partial charge in [-0.05, 0) is 70.8 Å². The molecule has 2 atom stereocenters. The van der Waals surface area contributed by atoms with Gasteiger partial charge in [-0.15, -0.1) is 0 Å². The highest BCUT2D eigenvalue weighted by molar-refractivity contribution is 5.97. The van der Waals surface area contributed by atoms with E-state index in [1.807, 2.05) is 12.1 Å². The zero-order valence-electron chi connectivity index (χ0n) is 21.0. The number of oxime groups is 1. The number of nitrogens with one attached hydrogen (secondary N) is 1. The Hall–Kier alpha value is -3.78. The number of fused-ring (bicyclic) bond motifs is 2. The van der Waals surface area contributed by atoms with Crippen LogP contribution in [0.25, 0.3) is 0 Å². The first kappa shape index (κ1) is 24.9. The Morgan fingerprint density at radius 2 is 1.62 bits per heavy atom. The molecule has 0 unspecified atom stereocenters. The molecular weight excluding hydrogens is 476 g/mol. The molecule has 8 heteroatoms. The molecule has 2 aliphatic rings. The minimum absolute atomic E-state index is 0.0495. The number of amides is 1. The van der Waals surface area contributed by atoms with Crippen molar-refractivity contribution in [3.8, 4) is 0 Å². The molecule has 0 aromatic heterocycles. The number of hydrogen-bond donors (Lipinski definition) is 2. The molecule has 1 saturated carbocycles. The third kappa shape index (κ3) is 4.69. The van der Waals surface area contributed by atoms with E-state index in [-0.39, 0.29) is 35.5 Å². The first-order chi connectivity index (χ1) is 17.8. The molecule has 0 spiro atoms. The van der Waals surface area contributed by atoms with Crippen molar-refractivity contribution in [2.45, 2.75) is 44.2 Å². The van der Waals surface area contributed by atoms with Crippen molar-refractivity contribution >= 4 is 11.7 Å². The molecular formula is C29H29F2N3O3. The zero-order valence-corrected chi connectivity index (χ0v) is 21.0. The van der Waals surface area contributed by atoms with Crippen LogP contribution in [0.3, 0.4) is 0 Å². The van der Waals surface area contributed by atoms with Crippen molar-refractivity contribution < 1.29 is 23.1 Å². The summed E-state index contributed by atoms with van der Waals surface area (Å²) in [5.41, 5.74) is 11.6. The van der Waals surface area contributed by atoms with E-state index in [9.17, 15) is 13.6 Å². The third-order valence-electron chi connectivity index (χ3n) is 7.29. The van der Waals surface area contributed by atoms with Crippen LogP contribution in [-0.4, -0.2) is 26.0 Å². The Morgan fingerprint density at radius 3 is 2.24 bits per heavy atom. The maximum absolute atomic E-state index is 14.6. The van der Waals surface area contributed by atoms with Gasteiger partial charge in [-0.1, -0.05) is 36.3 Å². The van der Waals surface area contributed by atoms with Crippen LogP contribution in [0.1, 0.15) is 87.0 Å². The summed E-state index contributed by atoms with van der Waals surface area (Å²) in [6.07, 6.45) is 2.22. The van der Waals surface area contributed by atoms with Gasteiger partial charge < -0.3 is 20.6 Å². The molecule has 0 saturated heterocycles. The Balaban J connectivity index is 1.38. The summed E-state index contributed by atoms with van der Waals surface area (Å²) in [6.45, 7) is 1.81. The minimum Gasteiger partial charge on any atom is -0.397 e. The Labute approximate surface area is 214 Å². The predicted molar refractivity (Wildman–Crippen MR) is 136 cm³/mol. The maximum atomic E-state index is 14.6. The SMILES string of the molecule is CON=C(N)c1cc(F)c(CNC(=O)c2ccc3c(c2)[C@H](C)c2cc(C4CC4)ccc2[C@@H]3OC)c(F)c1. The summed E-state index contributed by atoms with van der Waals surface area (Å²) in [6, 6.07) is 14.2. The van der Waals surface area contributed by atoms with Gasteiger partial charge in [0.05, 0.1) is 0 Å². The van der Waals surface area contributed by atoms with Gasteiger partial charge in [-0.2, -0.15) is 0 Å². The highest BCUT2D eigenvalue weighted by Crippen LogP contribution is 2.47. The van der Waals surface area contributed by atoms with Gasteiger partial charge in [0.1, 0.15) is 24.8 Å². The zero-order chi connectivity index (χ0) is 26.3. The number of methoxy groups -OCH3 is 1. The van der Waals surface area contributed by atoms with Gasteiger partial charge in [0.2, 0.25) is 0 Å². The average Bonchev–Trinajstić information content (AvgIpc) is 3.74. The van der Waals surface area contributed by atoms with Crippen LogP contribution in [0.5, 0.6) is 0 Å². The standard InChI is InChI=1S/C29H29F2N3O3/c1-15-22-10-17(16-4-5-16)6-8-20(22)27(36-2)21-9-7-18(11-23(15)21)29(35)33-14-24-25(30)12-19(13-26(24)31)28(32)34-37-3/h6-13,15-16,27H,4-5,14H2,1-3H3,(H2,32,34)(H,33,35)/t15-,27+/m1/s1. The molecule has 2 aliphatic carbocycles. The van der Waals surface area contributed by atoms with Crippen molar-refractivity contribution in [2.24, 2.45) is 10.9 Å². The first-order valence-corrected chi connectivity index (χ1v) is 12.3. The highest BCUT2D eigenvalue weighted by Gasteiger charge is 2.33. The molecule has 37 heavy (non-hydrogen) atoms. The van der Waals surface area contributed by atoms with Gasteiger partial charge in [0.15, 0.2) is 5.84 Å². The minimum atomic E-state index is -0.838. The van der Waals surface area contributed by atoms with Crippen molar-refractivity contribution in [2.75, 3.05) is 14.2 Å². The number of rotatable bonds is 7. The molecule has 5 rings (SSSR count). The molecule has 3 aromatic carbocycles. The van der Waals surface area contributed by atoms with Gasteiger partial charge in [0, 0.05) is 36.3 Å². The molecule has 0 radical (unpaired) electrons. The molecule has 3 aromatic rings. The van der Waals surface area contributed by atoms with E-state index in [1.165, 1.54) is 31.1 Å². The highest BCUT2D eigenvalue weighted by atomic mass is 19.1. The second-order valence-corrected chi connectivity index (χ2v) is 9.60. The Bertz CT molecular complexity index is 1380. The van der Waals surface area contributed by atoms with E-state index in [1.54, 1.807) is 13.2 Å². The van der Waals surface area contributed by atoms with Crippen LogP contribution in [-0.2, 0) is 16.1 Å². The van der Waals surface area contributed by atoms with Crippen molar-refractivity contribution in [3.05, 3.63) is 105 Å². The summed E-state index contributed by atoms with van der Waals surface area (Å²) in [4.78, 5) is 17.5. The first-order valence-electron chi connectivity index (χ1n) is 12.3. The second-order valence-electron chi connectivity index (χ2n) is 9.60. The van der Waals surface area contributed by atoms with Crippen LogP contribution in [0.4, 0.5) is 8.78 Å². The second kappa shape index (κ2) is 9.94. The average molecular weight is 506 g/mol. The normalized spacial score (nSPS) is 18.7. The Kier molecular flexibility index (Phi) is 6.69. The van der Waals surface area contributed by atoms with Gasteiger partial charge in [-0.3, -0.25) is 4.79 Å². The number of carbonyl (C=O) groups is 1. The third-order valence-corrected chi connectivity index (χ3v) is 7.29. The summed E-state index contributed by atoms with van der Waals surface area (Å²) in [7, 11) is 2.97. The largest absolute Gasteiger partial charge is 0.397 e. The quantitative estimate of drug-likeness (QED) is 0.261. The van der Waals surface area contributed by atoms with E-state index in [4.69, 9.17) is 10.5 Å². The molecule has 0 aliphatic heterocycles. The number of hydrogen-bond acceptors (Lipinski definition) is 4. The van der Waals surface area contributed by atoms with Crippen LogP contribution in [0, 0.1) is 11.6 Å². The predicted octanol–water partition coefficient (Wildman–Crippen LogP) is 5.24. The topological polar surface area (TPSA) is 85.9 Å². The van der Waals surface area contributed by atoms with Crippen molar-refractivity contribution in [1.82, 2.24) is 5.32 Å². The fourth-order valence-electron chi connectivity index (χ4n) is 5.14. The molecule has 0 bridgehead atoms. The fourth-order valence-corrected chi connectivity index (χ4v) is 5.14. The summed E-state index contributed by atoms with van der Waals surface area (Å²) < 4.78 is 35.1. The summed E-state index contributed by atoms with van der Waals surface area (Å²) in [5.74, 6) is -1.55.